The molecule has 0 radical (unpaired) electrons. The van der Waals surface area contributed by atoms with Gasteiger partial charge in [-0.05, 0) is 64.2 Å². The Bertz CT molecular complexity index is 186. The first-order valence-electron chi connectivity index (χ1n) is 6.81. The largest absolute Gasteiger partial charge is 0.381 e. The summed E-state index contributed by atoms with van der Waals surface area (Å²) in [6.45, 7) is 6.96. The SMILES string of the molecule is CN(CCC1CCOCC1)CC1CCNC1. The van der Waals surface area contributed by atoms with Crippen LogP contribution in [-0.2, 0) is 4.74 Å². The van der Waals surface area contributed by atoms with Crippen LogP contribution in [0.1, 0.15) is 25.7 Å². The first-order valence-corrected chi connectivity index (χ1v) is 6.81. The Hall–Kier alpha value is -0.120. The molecule has 0 spiro atoms. The fraction of sp³-hybridized carbons (Fsp3) is 1.00. The second-order valence-corrected chi connectivity index (χ2v) is 5.47. The molecule has 3 nitrogen and oxygen atoms in total. The molecule has 2 aliphatic rings. The van der Waals surface area contributed by atoms with Crippen molar-refractivity contribution in [1.29, 1.82) is 0 Å². The second kappa shape index (κ2) is 6.58. The van der Waals surface area contributed by atoms with Crippen LogP contribution in [0.5, 0.6) is 0 Å². The van der Waals surface area contributed by atoms with E-state index in [2.05, 4.69) is 17.3 Å². The summed E-state index contributed by atoms with van der Waals surface area (Å²) >= 11 is 0. The summed E-state index contributed by atoms with van der Waals surface area (Å²) < 4.78 is 5.39. The lowest BCUT2D eigenvalue weighted by Crippen LogP contribution is -2.29. The Balaban J connectivity index is 1.57. The van der Waals surface area contributed by atoms with Crippen LogP contribution >= 0.6 is 0 Å². The molecular formula is C13H26N2O. The molecule has 16 heavy (non-hydrogen) atoms. The van der Waals surface area contributed by atoms with Gasteiger partial charge in [0, 0.05) is 19.8 Å². The first kappa shape index (κ1) is 12.3. The predicted octanol–water partition coefficient (Wildman–Crippen LogP) is 1.34. The van der Waals surface area contributed by atoms with E-state index in [0.717, 1.165) is 25.0 Å². The first-order chi connectivity index (χ1) is 7.84. The lowest BCUT2D eigenvalue weighted by atomic mass is 9.96. The molecule has 2 fully saturated rings. The van der Waals surface area contributed by atoms with E-state index in [1.807, 2.05) is 0 Å². The van der Waals surface area contributed by atoms with Crippen LogP contribution in [0, 0.1) is 11.8 Å². The molecule has 0 bridgehead atoms. The Morgan fingerprint density at radius 3 is 2.69 bits per heavy atom. The number of hydrogen-bond donors (Lipinski definition) is 1. The smallest absolute Gasteiger partial charge is 0.0468 e. The monoisotopic (exact) mass is 226 g/mol. The molecule has 1 unspecified atom stereocenters. The van der Waals surface area contributed by atoms with Crippen LogP contribution in [0.25, 0.3) is 0 Å². The van der Waals surface area contributed by atoms with E-state index in [4.69, 9.17) is 4.74 Å². The van der Waals surface area contributed by atoms with Crippen molar-refractivity contribution < 1.29 is 4.74 Å². The molecule has 2 heterocycles. The van der Waals surface area contributed by atoms with Gasteiger partial charge in [-0.25, -0.2) is 0 Å². The molecule has 0 aromatic rings. The van der Waals surface area contributed by atoms with Crippen LogP contribution in [-0.4, -0.2) is 51.3 Å². The van der Waals surface area contributed by atoms with Crippen molar-refractivity contribution in [3.63, 3.8) is 0 Å². The summed E-state index contributed by atoms with van der Waals surface area (Å²) in [7, 11) is 2.28. The number of hydrogen-bond acceptors (Lipinski definition) is 3. The zero-order chi connectivity index (χ0) is 11.2. The summed E-state index contributed by atoms with van der Waals surface area (Å²) in [5, 5.41) is 3.44. The highest BCUT2D eigenvalue weighted by Gasteiger charge is 2.18. The van der Waals surface area contributed by atoms with E-state index in [0.29, 0.717) is 0 Å². The number of rotatable bonds is 5. The Labute approximate surface area is 99.5 Å². The summed E-state index contributed by atoms with van der Waals surface area (Å²) in [6.07, 6.45) is 5.28. The topological polar surface area (TPSA) is 24.5 Å². The highest BCUT2D eigenvalue weighted by atomic mass is 16.5. The maximum Gasteiger partial charge on any atom is 0.0468 e. The van der Waals surface area contributed by atoms with Crippen molar-refractivity contribution in [1.82, 2.24) is 10.2 Å². The Morgan fingerprint density at radius 1 is 1.19 bits per heavy atom. The van der Waals surface area contributed by atoms with E-state index in [-0.39, 0.29) is 0 Å². The molecule has 0 aromatic heterocycles. The van der Waals surface area contributed by atoms with Crippen molar-refractivity contribution >= 4 is 0 Å². The maximum absolute atomic E-state index is 5.39. The van der Waals surface area contributed by atoms with Crippen molar-refractivity contribution in [2.75, 3.05) is 46.4 Å². The lowest BCUT2D eigenvalue weighted by Gasteiger charge is -2.26. The second-order valence-electron chi connectivity index (χ2n) is 5.47. The van der Waals surface area contributed by atoms with Crippen LogP contribution in [0.4, 0.5) is 0 Å². The molecule has 0 aliphatic carbocycles. The van der Waals surface area contributed by atoms with Gasteiger partial charge in [0.2, 0.25) is 0 Å². The summed E-state index contributed by atoms with van der Waals surface area (Å²) in [4.78, 5) is 2.52. The van der Waals surface area contributed by atoms with Crippen molar-refractivity contribution in [2.45, 2.75) is 25.7 Å². The molecule has 0 amide bonds. The number of nitrogens with zero attached hydrogens (tertiary/aromatic N) is 1. The molecule has 2 saturated heterocycles. The van der Waals surface area contributed by atoms with Gasteiger partial charge in [-0.1, -0.05) is 0 Å². The van der Waals surface area contributed by atoms with E-state index in [1.54, 1.807) is 0 Å². The average Bonchev–Trinajstić information content (AvgIpc) is 2.81. The van der Waals surface area contributed by atoms with Crippen molar-refractivity contribution in [3.05, 3.63) is 0 Å². The standard InChI is InChI=1S/C13H26N2O/c1-15(11-13-2-6-14-10-13)7-3-12-4-8-16-9-5-12/h12-14H,2-11H2,1H3. The average molecular weight is 226 g/mol. The van der Waals surface area contributed by atoms with Gasteiger partial charge in [-0.2, -0.15) is 0 Å². The Kier molecular flexibility index (Phi) is 5.07. The Morgan fingerprint density at radius 2 is 2.00 bits per heavy atom. The third-order valence-electron chi connectivity index (χ3n) is 3.99. The van der Waals surface area contributed by atoms with E-state index >= 15 is 0 Å². The predicted molar refractivity (Wildman–Crippen MR) is 66.6 cm³/mol. The van der Waals surface area contributed by atoms with Crippen molar-refractivity contribution in [2.24, 2.45) is 11.8 Å². The summed E-state index contributed by atoms with van der Waals surface area (Å²) in [5.74, 6) is 1.80. The minimum absolute atomic E-state index is 0.889. The van der Waals surface area contributed by atoms with Crippen LogP contribution in [0.2, 0.25) is 0 Å². The van der Waals surface area contributed by atoms with Crippen molar-refractivity contribution in [3.8, 4) is 0 Å². The van der Waals surface area contributed by atoms with Gasteiger partial charge >= 0.3 is 0 Å². The quantitative estimate of drug-likeness (QED) is 0.766. The molecule has 3 heteroatoms. The van der Waals surface area contributed by atoms with Gasteiger partial charge in [0.15, 0.2) is 0 Å². The lowest BCUT2D eigenvalue weighted by molar-refractivity contribution is 0.0606. The number of nitrogens with one attached hydrogen (secondary N) is 1. The molecule has 0 saturated carbocycles. The zero-order valence-electron chi connectivity index (χ0n) is 10.6. The van der Waals surface area contributed by atoms with Gasteiger partial charge in [0.05, 0.1) is 0 Å². The molecule has 1 atom stereocenters. The molecule has 2 aliphatic heterocycles. The van der Waals surface area contributed by atoms with Gasteiger partial charge in [0.1, 0.15) is 0 Å². The molecule has 2 rings (SSSR count). The summed E-state index contributed by atoms with van der Waals surface area (Å²) in [5.41, 5.74) is 0. The summed E-state index contributed by atoms with van der Waals surface area (Å²) in [6, 6.07) is 0. The fourth-order valence-electron chi connectivity index (χ4n) is 2.84. The highest BCUT2D eigenvalue weighted by molar-refractivity contribution is 4.74. The molecule has 94 valence electrons. The molecule has 1 N–H and O–H groups in total. The van der Waals surface area contributed by atoms with Crippen LogP contribution < -0.4 is 5.32 Å². The van der Waals surface area contributed by atoms with Crippen LogP contribution in [0.3, 0.4) is 0 Å². The van der Waals surface area contributed by atoms with Crippen LogP contribution in [0.15, 0.2) is 0 Å². The minimum Gasteiger partial charge on any atom is -0.381 e. The third kappa shape index (κ3) is 4.04. The van der Waals surface area contributed by atoms with E-state index in [9.17, 15) is 0 Å². The fourth-order valence-corrected chi connectivity index (χ4v) is 2.84. The van der Waals surface area contributed by atoms with Gasteiger partial charge < -0.3 is 15.0 Å². The highest BCUT2D eigenvalue weighted by Crippen LogP contribution is 2.19. The van der Waals surface area contributed by atoms with Gasteiger partial charge in [0.25, 0.3) is 0 Å². The molecular weight excluding hydrogens is 200 g/mol. The van der Waals surface area contributed by atoms with E-state index < -0.39 is 0 Å². The number of ether oxygens (including phenoxy) is 1. The third-order valence-corrected chi connectivity index (χ3v) is 3.99. The normalized spacial score (nSPS) is 27.8. The molecule has 0 aromatic carbocycles. The van der Waals surface area contributed by atoms with Gasteiger partial charge in [-0.3, -0.25) is 0 Å². The zero-order valence-corrected chi connectivity index (χ0v) is 10.6. The maximum atomic E-state index is 5.39. The van der Waals surface area contributed by atoms with E-state index in [1.165, 1.54) is 51.9 Å². The minimum atomic E-state index is 0.889. The van der Waals surface area contributed by atoms with Gasteiger partial charge in [-0.15, -0.1) is 0 Å².